The van der Waals surface area contributed by atoms with E-state index >= 15 is 0 Å². The van der Waals surface area contributed by atoms with Gasteiger partial charge in [-0.2, -0.15) is 0 Å². The van der Waals surface area contributed by atoms with E-state index < -0.39 is 10.8 Å². The van der Waals surface area contributed by atoms with Gasteiger partial charge < -0.3 is 4.74 Å². The van der Waals surface area contributed by atoms with Crippen molar-refractivity contribution in [2.75, 3.05) is 0 Å². The summed E-state index contributed by atoms with van der Waals surface area (Å²) < 4.78 is 6.85. The molecule has 2 aliphatic carbocycles. The Hall–Kier alpha value is -6.96. The molecule has 3 aliphatic rings. The fourth-order valence-corrected chi connectivity index (χ4v) is 10.5. The van der Waals surface area contributed by atoms with E-state index in [4.69, 9.17) is 4.74 Å². The highest BCUT2D eigenvalue weighted by atomic mass is 16.5. The molecule has 12 rings (SSSR count). The van der Waals surface area contributed by atoms with Gasteiger partial charge in [-0.05, 0) is 102 Å². The minimum Gasteiger partial charge on any atom is -0.457 e. The summed E-state index contributed by atoms with van der Waals surface area (Å²) in [6, 6.07) is 76.2. The second-order valence-corrected chi connectivity index (χ2v) is 15.1. The Morgan fingerprint density at radius 3 is 1.47 bits per heavy atom. The number of para-hydroxylation sites is 1. The molecule has 1 heteroatoms. The lowest BCUT2D eigenvalue weighted by Crippen LogP contribution is -2.32. The second kappa shape index (κ2) is 11.3. The fourth-order valence-electron chi connectivity index (χ4n) is 10.5. The summed E-state index contributed by atoms with van der Waals surface area (Å²) in [4.78, 5) is 0. The second-order valence-electron chi connectivity index (χ2n) is 15.1. The largest absolute Gasteiger partial charge is 0.457 e. The van der Waals surface area contributed by atoms with Gasteiger partial charge in [0.15, 0.2) is 0 Å². The first-order valence-corrected chi connectivity index (χ1v) is 19.2. The van der Waals surface area contributed by atoms with Crippen LogP contribution in [0.5, 0.6) is 11.5 Å². The smallest absolute Gasteiger partial charge is 0.132 e. The molecular weight excluding hydrogens is 665 g/mol. The molecule has 0 amide bonds. The summed E-state index contributed by atoms with van der Waals surface area (Å²) in [6.45, 7) is 0. The normalized spacial score (nSPS) is 16.4. The topological polar surface area (TPSA) is 9.23 Å². The van der Waals surface area contributed by atoms with Crippen molar-refractivity contribution in [2.45, 2.75) is 10.8 Å². The van der Waals surface area contributed by atoms with Crippen LogP contribution in [0.3, 0.4) is 0 Å². The van der Waals surface area contributed by atoms with Crippen molar-refractivity contribution < 1.29 is 4.74 Å². The van der Waals surface area contributed by atoms with Gasteiger partial charge >= 0.3 is 0 Å². The maximum atomic E-state index is 6.85. The zero-order chi connectivity index (χ0) is 36.1. The van der Waals surface area contributed by atoms with E-state index in [1.165, 1.54) is 83.1 Å². The summed E-state index contributed by atoms with van der Waals surface area (Å²) in [5, 5.41) is 2.52. The van der Waals surface area contributed by atoms with Gasteiger partial charge in [0.25, 0.3) is 0 Å². The third-order valence-electron chi connectivity index (χ3n) is 12.6. The molecule has 0 radical (unpaired) electrons. The van der Waals surface area contributed by atoms with Crippen LogP contribution in [-0.2, 0) is 10.8 Å². The highest BCUT2D eigenvalue weighted by Gasteiger charge is 2.52. The first-order chi connectivity index (χ1) is 27.3. The summed E-state index contributed by atoms with van der Waals surface area (Å²) in [5.41, 5.74) is 16.6. The Morgan fingerprint density at radius 2 is 0.782 bits per heavy atom. The van der Waals surface area contributed by atoms with Gasteiger partial charge in [-0.25, -0.2) is 0 Å². The van der Waals surface area contributed by atoms with E-state index in [0.29, 0.717) is 0 Å². The summed E-state index contributed by atoms with van der Waals surface area (Å²) in [5.74, 6) is 1.81. The highest BCUT2D eigenvalue weighted by Crippen LogP contribution is 2.64. The van der Waals surface area contributed by atoms with E-state index in [2.05, 4.69) is 206 Å². The minimum atomic E-state index is -0.539. The Labute approximate surface area is 320 Å². The number of benzene rings is 9. The monoisotopic (exact) mass is 698 g/mol. The Morgan fingerprint density at radius 1 is 0.291 bits per heavy atom. The number of fused-ring (bicyclic) bond motifs is 13. The molecule has 1 nitrogen and oxygen atoms in total. The van der Waals surface area contributed by atoms with Crippen LogP contribution in [0.1, 0.15) is 44.5 Å². The van der Waals surface area contributed by atoms with E-state index in [1.54, 1.807) is 0 Å². The average Bonchev–Trinajstić information content (AvgIpc) is 3.71. The first kappa shape index (κ1) is 30.5. The molecular formula is C54H34O. The van der Waals surface area contributed by atoms with Crippen LogP contribution >= 0.6 is 0 Å². The van der Waals surface area contributed by atoms with Crippen LogP contribution in [0.25, 0.3) is 44.2 Å². The molecule has 0 aromatic heterocycles. The van der Waals surface area contributed by atoms with Crippen molar-refractivity contribution in [3.63, 3.8) is 0 Å². The molecule has 9 aromatic carbocycles. The average molecular weight is 699 g/mol. The van der Waals surface area contributed by atoms with E-state index in [9.17, 15) is 0 Å². The number of rotatable bonds is 3. The molecule has 0 fully saturated rings. The van der Waals surface area contributed by atoms with Crippen LogP contribution < -0.4 is 4.74 Å². The van der Waals surface area contributed by atoms with Crippen molar-refractivity contribution in [1.82, 2.24) is 0 Å². The summed E-state index contributed by atoms with van der Waals surface area (Å²) >= 11 is 0. The van der Waals surface area contributed by atoms with Crippen molar-refractivity contribution in [2.24, 2.45) is 0 Å². The molecule has 0 bridgehead atoms. The van der Waals surface area contributed by atoms with Crippen LogP contribution in [0.4, 0.5) is 0 Å². The third kappa shape index (κ3) is 3.92. The van der Waals surface area contributed by atoms with Crippen LogP contribution in [0.2, 0.25) is 0 Å². The third-order valence-corrected chi connectivity index (χ3v) is 12.6. The van der Waals surface area contributed by atoms with Crippen molar-refractivity contribution in [3.8, 4) is 44.9 Å². The summed E-state index contributed by atoms with van der Waals surface area (Å²) in [7, 11) is 0. The molecule has 9 aromatic rings. The predicted octanol–water partition coefficient (Wildman–Crippen LogP) is 13.3. The SMILES string of the molecule is c1ccc(C2(c3ccc(-c4cccc5c4C4(c6ccccc6O5)c5ccccc5-c5ccccc54)cc3)c3ccccc3-c3cc4ccccc4cc32)cc1. The standard InChI is InChI=1S/C54H34O/c1-2-17-38(18-3-1)53(45-23-9-8-21-43(45)44-33-36-15-4-5-16-37(36)34-49(44)53)39-31-29-35(30-32-39)40-22-14-28-51-52(40)54(48-26-12-13-27-50(48)55-51)46-24-10-6-19-41(46)42-20-7-11-25-47(42)54/h1-34H. The van der Waals surface area contributed by atoms with Gasteiger partial charge in [0.1, 0.15) is 11.5 Å². The zero-order valence-electron chi connectivity index (χ0n) is 30.0. The van der Waals surface area contributed by atoms with Crippen LogP contribution in [0, 0.1) is 0 Å². The van der Waals surface area contributed by atoms with Gasteiger partial charge in [0.2, 0.25) is 0 Å². The van der Waals surface area contributed by atoms with Gasteiger partial charge in [0, 0.05) is 11.1 Å². The lowest BCUT2D eigenvalue weighted by molar-refractivity contribution is 0.437. The lowest BCUT2D eigenvalue weighted by Gasteiger charge is -2.40. The molecule has 1 heterocycles. The maximum Gasteiger partial charge on any atom is 0.132 e. The fraction of sp³-hybridized carbons (Fsp3) is 0.0370. The predicted molar refractivity (Wildman–Crippen MR) is 224 cm³/mol. The van der Waals surface area contributed by atoms with Crippen molar-refractivity contribution in [1.29, 1.82) is 0 Å². The van der Waals surface area contributed by atoms with Crippen molar-refractivity contribution in [3.05, 3.63) is 251 Å². The molecule has 1 atom stereocenters. The van der Waals surface area contributed by atoms with Crippen LogP contribution in [0.15, 0.2) is 206 Å². The molecule has 1 spiro atoms. The number of hydrogen-bond donors (Lipinski definition) is 0. The molecule has 1 aliphatic heterocycles. The quantitative estimate of drug-likeness (QED) is 0.178. The molecule has 1 unspecified atom stereocenters. The highest BCUT2D eigenvalue weighted by molar-refractivity contribution is 5.96. The Balaban J connectivity index is 1.12. The van der Waals surface area contributed by atoms with E-state index in [-0.39, 0.29) is 0 Å². The van der Waals surface area contributed by atoms with E-state index in [1.807, 2.05) is 0 Å². The number of hydrogen-bond acceptors (Lipinski definition) is 1. The maximum absolute atomic E-state index is 6.85. The van der Waals surface area contributed by atoms with Crippen LogP contribution in [-0.4, -0.2) is 0 Å². The zero-order valence-corrected chi connectivity index (χ0v) is 30.0. The lowest BCUT2D eigenvalue weighted by atomic mass is 9.64. The van der Waals surface area contributed by atoms with E-state index in [0.717, 1.165) is 17.1 Å². The molecule has 0 saturated carbocycles. The molecule has 256 valence electrons. The Kier molecular flexibility index (Phi) is 6.25. The Bertz CT molecular complexity index is 2960. The number of ether oxygens (including phenoxy) is 1. The summed E-state index contributed by atoms with van der Waals surface area (Å²) in [6.07, 6.45) is 0. The molecule has 0 N–H and O–H groups in total. The molecule has 0 saturated heterocycles. The first-order valence-electron chi connectivity index (χ1n) is 19.2. The van der Waals surface area contributed by atoms with Crippen molar-refractivity contribution >= 4 is 10.8 Å². The van der Waals surface area contributed by atoms with Gasteiger partial charge in [-0.1, -0.05) is 182 Å². The minimum absolute atomic E-state index is 0.488. The van der Waals surface area contributed by atoms with Gasteiger partial charge in [-0.15, -0.1) is 0 Å². The van der Waals surface area contributed by atoms with Gasteiger partial charge in [0.05, 0.1) is 10.8 Å². The molecule has 55 heavy (non-hydrogen) atoms. The van der Waals surface area contributed by atoms with Gasteiger partial charge in [-0.3, -0.25) is 0 Å².